The predicted molar refractivity (Wildman–Crippen MR) is 107 cm³/mol. The first-order valence-corrected chi connectivity index (χ1v) is 9.53. The van der Waals surface area contributed by atoms with Gasteiger partial charge in [-0.25, -0.2) is 0 Å². The van der Waals surface area contributed by atoms with Crippen molar-refractivity contribution in [2.24, 2.45) is 7.05 Å². The fourth-order valence-electron chi connectivity index (χ4n) is 2.32. The lowest BCUT2D eigenvalue weighted by Gasteiger charge is -2.07. The van der Waals surface area contributed by atoms with Crippen molar-refractivity contribution in [3.63, 3.8) is 0 Å². The Hall–Kier alpha value is -2.02. The summed E-state index contributed by atoms with van der Waals surface area (Å²) in [6.45, 7) is 1.91. The number of nitrogens with zero attached hydrogens (tertiary/aromatic N) is 3. The van der Waals surface area contributed by atoms with Crippen molar-refractivity contribution < 1.29 is 4.79 Å². The quantitative estimate of drug-likeness (QED) is 0.616. The molecular weight excluding hydrogens is 391 g/mol. The highest BCUT2D eigenvalue weighted by atomic mass is 35.5. The molecule has 0 spiro atoms. The van der Waals surface area contributed by atoms with Crippen LogP contribution in [0.3, 0.4) is 0 Å². The smallest absolute Gasteiger partial charge is 0.234 e. The third-order valence-electron chi connectivity index (χ3n) is 3.74. The van der Waals surface area contributed by atoms with E-state index >= 15 is 0 Å². The largest absolute Gasteiger partial charge is 0.325 e. The maximum atomic E-state index is 12.2. The first-order valence-electron chi connectivity index (χ1n) is 7.79. The van der Waals surface area contributed by atoms with Crippen LogP contribution in [0.1, 0.15) is 5.56 Å². The molecule has 2 aromatic carbocycles. The number of carbonyl (C=O) groups excluding carboxylic acids is 1. The number of benzene rings is 2. The number of halogens is 2. The van der Waals surface area contributed by atoms with Crippen LogP contribution in [-0.4, -0.2) is 26.4 Å². The van der Waals surface area contributed by atoms with Crippen molar-refractivity contribution in [2.45, 2.75) is 12.1 Å². The zero-order valence-corrected chi connectivity index (χ0v) is 16.5. The SMILES string of the molecule is Cc1ccc(NC(=O)CSc2nnc(-c3ccccc3Cl)n2C)cc1Cl. The number of aromatic nitrogens is 3. The predicted octanol–water partition coefficient (Wildman–Crippen LogP) is 4.83. The summed E-state index contributed by atoms with van der Waals surface area (Å²) in [6.07, 6.45) is 0. The summed E-state index contributed by atoms with van der Waals surface area (Å²) in [7, 11) is 1.85. The highest BCUT2D eigenvalue weighted by Gasteiger charge is 2.15. The highest BCUT2D eigenvalue weighted by molar-refractivity contribution is 7.99. The van der Waals surface area contributed by atoms with E-state index in [9.17, 15) is 4.79 Å². The summed E-state index contributed by atoms with van der Waals surface area (Å²) < 4.78 is 1.82. The van der Waals surface area contributed by atoms with Gasteiger partial charge in [0.15, 0.2) is 11.0 Å². The van der Waals surface area contributed by atoms with Crippen molar-refractivity contribution in [1.29, 1.82) is 0 Å². The van der Waals surface area contributed by atoms with Crippen molar-refractivity contribution in [2.75, 3.05) is 11.1 Å². The molecule has 0 radical (unpaired) electrons. The van der Waals surface area contributed by atoms with E-state index in [0.29, 0.717) is 26.7 Å². The van der Waals surface area contributed by atoms with Gasteiger partial charge >= 0.3 is 0 Å². The average Bonchev–Trinajstić information content (AvgIpc) is 2.97. The molecule has 1 N–H and O–H groups in total. The standard InChI is InChI=1S/C18H16Cl2N4OS/c1-11-7-8-12(9-15(11)20)21-16(25)10-26-18-23-22-17(24(18)2)13-5-3-4-6-14(13)19/h3-9H,10H2,1-2H3,(H,21,25). The molecule has 1 amide bonds. The lowest BCUT2D eigenvalue weighted by atomic mass is 10.2. The molecule has 0 saturated heterocycles. The summed E-state index contributed by atoms with van der Waals surface area (Å²) in [6, 6.07) is 12.9. The molecule has 134 valence electrons. The fraction of sp³-hybridized carbons (Fsp3) is 0.167. The van der Waals surface area contributed by atoms with Crippen molar-refractivity contribution in [3.8, 4) is 11.4 Å². The number of rotatable bonds is 5. The van der Waals surface area contributed by atoms with E-state index < -0.39 is 0 Å². The van der Waals surface area contributed by atoms with E-state index in [1.807, 2.05) is 48.9 Å². The van der Waals surface area contributed by atoms with Gasteiger partial charge in [0.2, 0.25) is 5.91 Å². The topological polar surface area (TPSA) is 59.8 Å². The molecule has 0 unspecified atom stereocenters. The van der Waals surface area contributed by atoms with E-state index in [4.69, 9.17) is 23.2 Å². The number of amides is 1. The molecule has 3 aromatic rings. The zero-order chi connectivity index (χ0) is 18.7. The van der Waals surface area contributed by atoms with Gasteiger partial charge in [-0.15, -0.1) is 10.2 Å². The average molecular weight is 407 g/mol. The molecule has 1 aromatic heterocycles. The van der Waals surface area contributed by atoms with Gasteiger partial charge < -0.3 is 9.88 Å². The fourth-order valence-corrected chi connectivity index (χ4v) is 3.43. The molecular formula is C18H16Cl2N4OS. The summed E-state index contributed by atoms with van der Waals surface area (Å²) in [5.41, 5.74) is 2.43. The minimum Gasteiger partial charge on any atom is -0.325 e. The van der Waals surface area contributed by atoms with Gasteiger partial charge in [0, 0.05) is 23.3 Å². The van der Waals surface area contributed by atoms with Gasteiger partial charge in [-0.05, 0) is 36.8 Å². The molecule has 8 heteroatoms. The van der Waals surface area contributed by atoms with Crippen molar-refractivity contribution in [1.82, 2.24) is 14.8 Å². The van der Waals surface area contributed by atoms with Crippen LogP contribution in [-0.2, 0) is 11.8 Å². The molecule has 0 atom stereocenters. The Morgan fingerprint density at radius 2 is 1.92 bits per heavy atom. The molecule has 0 aliphatic rings. The number of carbonyl (C=O) groups is 1. The molecule has 0 fully saturated rings. The molecule has 5 nitrogen and oxygen atoms in total. The number of aryl methyl sites for hydroxylation is 1. The second-order valence-corrected chi connectivity index (χ2v) is 7.40. The molecule has 0 bridgehead atoms. The first-order chi connectivity index (χ1) is 12.5. The van der Waals surface area contributed by atoms with E-state index in [0.717, 1.165) is 11.1 Å². The van der Waals surface area contributed by atoms with Gasteiger partial charge in [-0.1, -0.05) is 53.2 Å². The Kier molecular flexibility index (Phi) is 5.86. The summed E-state index contributed by atoms with van der Waals surface area (Å²) in [5.74, 6) is 0.723. The second-order valence-electron chi connectivity index (χ2n) is 5.65. The zero-order valence-electron chi connectivity index (χ0n) is 14.2. The van der Waals surface area contributed by atoms with Crippen LogP contribution in [0.5, 0.6) is 0 Å². The van der Waals surface area contributed by atoms with Crippen molar-refractivity contribution in [3.05, 3.63) is 58.1 Å². The Morgan fingerprint density at radius 1 is 1.15 bits per heavy atom. The molecule has 1 heterocycles. The van der Waals surface area contributed by atoms with Gasteiger partial charge in [-0.3, -0.25) is 4.79 Å². The van der Waals surface area contributed by atoms with Crippen LogP contribution in [0.15, 0.2) is 47.6 Å². The number of nitrogens with one attached hydrogen (secondary N) is 1. The first kappa shape index (κ1) is 18.8. The van der Waals surface area contributed by atoms with E-state index in [2.05, 4.69) is 15.5 Å². The lowest BCUT2D eigenvalue weighted by Crippen LogP contribution is -2.14. The summed E-state index contributed by atoms with van der Waals surface area (Å²) in [5, 5.41) is 13.0. The second kappa shape index (κ2) is 8.12. The maximum Gasteiger partial charge on any atom is 0.234 e. The molecule has 0 saturated carbocycles. The third kappa shape index (κ3) is 4.20. The maximum absolute atomic E-state index is 12.2. The monoisotopic (exact) mass is 406 g/mol. The van der Waals surface area contributed by atoms with Gasteiger partial charge in [0.05, 0.1) is 10.8 Å². The normalized spacial score (nSPS) is 10.8. The van der Waals surface area contributed by atoms with E-state index in [-0.39, 0.29) is 11.7 Å². The molecule has 0 aliphatic heterocycles. The summed E-state index contributed by atoms with van der Waals surface area (Å²) in [4.78, 5) is 12.2. The number of hydrogen-bond acceptors (Lipinski definition) is 4. The highest BCUT2D eigenvalue weighted by Crippen LogP contribution is 2.28. The number of anilines is 1. The van der Waals surface area contributed by atoms with Crippen molar-refractivity contribution >= 4 is 46.6 Å². The Balaban J connectivity index is 1.66. The van der Waals surface area contributed by atoms with Crippen LogP contribution in [0.4, 0.5) is 5.69 Å². The van der Waals surface area contributed by atoms with Crippen LogP contribution in [0.25, 0.3) is 11.4 Å². The number of hydrogen-bond donors (Lipinski definition) is 1. The van der Waals surface area contributed by atoms with Gasteiger partial charge in [0.25, 0.3) is 0 Å². The van der Waals surface area contributed by atoms with E-state index in [1.165, 1.54) is 11.8 Å². The Morgan fingerprint density at radius 3 is 2.65 bits per heavy atom. The van der Waals surface area contributed by atoms with Gasteiger partial charge in [0.1, 0.15) is 0 Å². The third-order valence-corrected chi connectivity index (χ3v) is 5.49. The van der Waals surface area contributed by atoms with Gasteiger partial charge in [-0.2, -0.15) is 0 Å². The molecule has 0 aliphatic carbocycles. The lowest BCUT2D eigenvalue weighted by molar-refractivity contribution is -0.113. The Labute approximate surface area is 165 Å². The van der Waals surface area contributed by atoms with E-state index in [1.54, 1.807) is 12.1 Å². The van der Waals surface area contributed by atoms with Crippen LogP contribution in [0, 0.1) is 6.92 Å². The Bertz CT molecular complexity index is 958. The summed E-state index contributed by atoms with van der Waals surface area (Å²) >= 11 is 13.6. The minimum absolute atomic E-state index is 0.141. The van der Waals surface area contributed by atoms with Crippen LogP contribution in [0.2, 0.25) is 10.0 Å². The minimum atomic E-state index is -0.141. The van der Waals surface area contributed by atoms with Crippen LogP contribution < -0.4 is 5.32 Å². The van der Waals surface area contributed by atoms with Crippen LogP contribution >= 0.6 is 35.0 Å². The molecule has 3 rings (SSSR count). The molecule has 26 heavy (non-hydrogen) atoms. The number of thioether (sulfide) groups is 1.